The molecule has 1 saturated heterocycles. The van der Waals surface area contributed by atoms with E-state index in [2.05, 4.69) is 15.0 Å². The minimum Gasteiger partial charge on any atom is -0.493 e. The summed E-state index contributed by atoms with van der Waals surface area (Å²) in [5.41, 5.74) is 2.71. The predicted molar refractivity (Wildman–Crippen MR) is 114 cm³/mol. The Labute approximate surface area is 180 Å². The molecular weight excluding hydrogens is 400 g/mol. The summed E-state index contributed by atoms with van der Waals surface area (Å²) in [4.78, 5) is 21.6. The van der Waals surface area contributed by atoms with Gasteiger partial charge in [0.25, 0.3) is 11.6 Å². The lowest BCUT2D eigenvalue weighted by Gasteiger charge is -2.35. The number of ether oxygens (including phenoxy) is 3. The molecule has 0 spiro atoms. The first-order valence-electron chi connectivity index (χ1n) is 10.1. The standard InChI is InChI=1S/C22H26N4O5/c1-14-11-16(17-12-23-31-21(17)24-14)22(27)26-9-7-25(8-10-26)13-15-5-6-18(28-2)20(30-4)19(15)29-3/h5-6,11-12H,7-10,13H2,1-4H3. The van der Waals surface area contributed by atoms with Gasteiger partial charge in [-0.25, -0.2) is 4.98 Å². The van der Waals surface area contributed by atoms with Gasteiger partial charge in [-0.1, -0.05) is 11.2 Å². The van der Waals surface area contributed by atoms with E-state index in [0.717, 1.165) is 24.3 Å². The van der Waals surface area contributed by atoms with Gasteiger partial charge in [0.1, 0.15) is 0 Å². The van der Waals surface area contributed by atoms with Crippen LogP contribution in [0.2, 0.25) is 0 Å². The number of carbonyl (C=O) groups is 1. The second kappa shape index (κ2) is 8.81. The molecule has 9 heteroatoms. The third-order valence-corrected chi connectivity index (χ3v) is 5.54. The van der Waals surface area contributed by atoms with Gasteiger partial charge in [-0.05, 0) is 19.1 Å². The van der Waals surface area contributed by atoms with Gasteiger partial charge in [0.05, 0.1) is 38.5 Å². The van der Waals surface area contributed by atoms with Crippen LogP contribution in [0, 0.1) is 6.92 Å². The molecule has 0 bridgehead atoms. The lowest BCUT2D eigenvalue weighted by atomic mass is 10.1. The van der Waals surface area contributed by atoms with Crippen molar-refractivity contribution in [2.45, 2.75) is 13.5 Å². The van der Waals surface area contributed by atoms with Crippen molar-refractivity contribution >= 4 is 17.0 Å². The number of nitrogens with zero attached hydrogens (tertiary/aromatic N) is 4. The molecule has 1 amide bonds. The minimum absolute atomic E-state index is 0.0259. The van der Waals surface area contributed by atoms with Gasteiger partial charge in [-0.3, -0.25) is 9.69 Å². The number of hydrogen-bond donors (Lipinski definition) is 0. The van der Waals surface area contributed by atoms with Crippen molar-refractivity contribution in [3.8, 4) is 17.2 Å². The Balaban J connectivity index is 1.46. The molecule has 1 fully saturated rings. The number of hydrogen-bond acceptors (Lipinski definition) is 8. The number of aromatic nitrogens is 2. The molecule has 0 aliphatic carbocycles. The van der Waals surface area contributed by atoms with Gasteiger partial charge >= 0.3 is 0 Å². The largest absolute Gasteiger partial charge is 0.493 e. The van der Waals surface area contributed by atoms with Crippen LogP contribution in [0.25, 0.3) is 11.1 Å². The smallest absolute Gasteiger partial charge is 0.258 e. The molecule has 164 valence electrons. The van der Waals surface area contributed by atoms with Crippen LogP contribution in [-0.2, 0) is 6.54 Å². The molecule has 0 unspecified atom stereocenters. The number of carbonyl (C=O) groups excluding carboxylic acids is 1. The highest BCUT2D eigenvalue weighted by atomic mass is 16.5. The fraction of sp³-hybridized carbons (Fsp3) is 0.409. The molecule has 9 nitrogen and oxygen atoms in total. The number of aryl methyl sites for hydroxylation is 1. The summed E-state index contributed by atoms with van der Waals surface area (Å²) < 4.78 is 21.6. The topological polar surface area (TPSA) is 90.2 Å². The average Bonchev–Trinajstić information content (AvgIpc) is 3.26. The third-order valence-electron chi connectivity index (χ3n) is 5.54. The minimum atomic E-state index is -0.0259. The number of benzene rings is 1. The van der Waals surface area contributed by atoms with Crippen LogP contribution in [0.4, 0.5) is 0 Å². The monoisotopic (exact) mass is 426 g/mol. The van der Waals surface area contributed by atoms with Crippen LogP contribution >= 0.6 is 0 Å². The molecule has 3 aromatic rings. The summed E-state index contributed by atoms with van der Waals surface area (Å²) in [5, 5.41) is 4.43. The Morgan fingerprint density at radius 1 is 1.06 bits per heavy atom. The fourth-order valence-electron chi connectivity index (χ4n) is 3.96. The molecule has 1 aliphatic heterocycles. The molecular formula is C22H26N4O5. The Bertz CT molecular complexity index is 1090. The van der Waals surface area contributed by atoms with Crippen LogP contribution in [0.5, 0.6) is 17.2 Å². The van der Waals surface area contributed by atoms with E-state index >= 15 is 0 Å². The number of amides is 1. The Morgan fingerprint density at radius 2 is 1.81 bits per heavy atom. The maximum Gasteiger partial charge on any atom is 0.258 e. The van der Waals surface area contributed by atoms with Gasteiger partial charge in [-0.2, -0.15) is 0 Å². The molecule has 3 heterocycles. The van der Waals surface area contributed by atoms with Crippen molar-refractivity contribution in [1.29, 1.82) is 0 Å². The maximum atomic E-state index is 13.1. The van der Waals surface area contributed by atoms with Crippen LogP contribution in [0.3, 0.4) is 0 Å². The second-order valence-electron chi connectivity index (χ2n) is 7.42. The number of pyridine rings is 1. The molecule has 2 aromatic heterocycles. The van der Waals surface area contributed by atoms with E-state index < -0.39 is 0 Å². The average molecular weight is 426 g/mol. The molecule has 4 rings (SSSR count). The van der Waals surface area contributed by atoms with E-state index in [1.54, 1.807) is 33.6 Å². The number of methoxy groups -OCH3 is 3. The lowest BCUT2D eigenvalue weighted by molar-refractivity contribution is 0.0629. The van der Waals surface area contributed by atoms with Crippen LogP contribution in [0.1, 0.15) is 21.6 Å². The SMILES string of the molecule is COc1ccc(CN2CCN(C(=O)c3cc(C)nc4oncc34)CC2)c(OC)c1OC. The molecule has 0 radical (unpaired) electrons. The van der Waals surface area contributed by atoms with Crippen LogP contribution in [-0.4, -0.2) is 73.4 Å². The van der Waals surface area contributed by atoms with Crippen molar-refractivity contribution in [3.63, 3.8) is 0 Å². The summed E-state index contributed by atoms with van der Waals surface area (Å²) in [5.74, 6) is 1.86. The zero-order chi connectivity index (χ0) is 22.0. The van der Waals surface area contributed by atoms with Crippen molar-refractivity contribution in [2.75, 3.05) is 47.5 Å². The first-order valence-corrected chi connectivity index (χ1v) is 10.1. The van der Waals surface area contributed by atoms with E-state index in [4.69, 9.17) is 18.7 Å². The summed E-state index contributed by atoms with van der Waals surface area (Å²) in [6.45, 7) is 5.29. The quantitative estimate of drug-likeness (QED) is 0.594. The number of rotatable bonds is 6. The van der Waals surface area contributed by atoms with Crippen molar-refractivity contribution in [1.82, 2.24) is 19.9 Å². The molecule has 0 saturated carbocycles. The van der Waals surface area contributed by atoms with Crippen LogP contribution < -0.4 is 14.2 Å². The summed E-state index contributed by atoms with van der Waals surface area (Å²) in [6.07, 6.45) is 1.55. The van der Waals surface area contributed by atoms with Crippen LogP contribution in [0.15, 0.2) is 28.9 Å². The van der Waals surface area contributed by atoms with E-state index in [1.165, 1.54) is 0 Å². The van der Waals surface area contributed by atoms with E-state index in [9.17, 15) is 4.79 Å². The predicted octanol–water partition coefficient (Wildman–Crippen LogP) is 2.52. The number of piperazine rings is 1. The fourth-order valence-corrected chi connectivity index (χ4v) is 3.96. The summed E-state index contributed by atoms with van der Waals surface area (Å²) in [7, 11) is 4.83. The zero-order valence-electron chi connectivity index (χ0n) is 18.2. The van der Waals surface area contributed by atoms with E-state index in [-0.39, 0.29) is 5.91 Å². The van der Waals surface area contributed by atoms with E-state index in [1.807, 2.05) is 24.0 Å². The molecule has 31 heavy (non-hydrogen) atoms. The first-order chi connectivity index (χ1) is 15.0. The van der Waals surface area contributed by atoms with Crippen molar-refractivity contribution in [2.24, 2.45) is 0 Å². The number of fused-ring (bicyclic) bond motifs is 1. The van der Waals surface area contributed by atoms with Gasteiger partial charge in [-0.15, -0.1) is 0 Å². The van der Waals surface area contributed by atoms with Gasteiger partial charge < -0.3 is 23.6 Å². The van der Waals surface area contributed by atoms with E-state index in [0.29, 0.717) is 53.5 Å². The summed E-state index contributed by atoms with van der Waals surface area (Å²) in [6, 6.07) is 5.66. The zero-order valence-corrected chi connectivity index (χ0v) is 18.2. The molecule has 0 atom stereocenters. The highest BCUT2D eigenvalue weighted by Crippen LogP contribution is 2.40. The van der Waals surface area contributed by atoms with Crippen molar-refractivity contribution < 1.29 is 23.5 Å². The van der Waals surface area contributed by atoms with Gasteiger partial charge in [0.15, 0.2) is 11.5 Å². The highest BCUT2D eigenvalue weighted by Gasteiger charge is 2.26. The normalized spacial score (nSPS) is 14.6. The molecule has 1 aliphatic rings. The molecule has 0 N–H and O–H groups in total. The first kappa shape index (κ1) is 20.9. The highest BCUT2D eigenvalue weighted by molar-refractivity contribution is 6.05. The second-order valence-corrected chi connectivity index (χ2v) is 7.42. The van der Waals surface area contributed by atoms with Gasteiger partial charge in [0, 0.05) is 44.0 Å². The Hall–Kier alpha value is -3.33. The summed E-state index contributed by atoms with van der Waals surface area (Å²) >= 11 is 0. The third kappa shape index (κ3) is 4.00. The Kier molecular flexibility index (Phi) is 5.94. The van der Waals surface area contributed by atoms with Crippen molar-refractivity contribution in [3.05, 3.63) is 41.2 Å². The Morgan fingerprint density at radius 3 is 2.48 bits per heavy atom. The van der Waals surface area contributed by atoms with Gasteiger partial charge in [0.2, 0.25) is 5.75 Å². The maximum absolute atomic E-state index is 13.1. The lowest BCUT2D eigenvalue weighted by Crippen LogP contribution is -2.48. The molecule has 1 aromatic carbocycles.